The van der Waals surface area contributed by atoms with Gasteiger partial charge < -0.3 is 10.5 Å². The van der Waals surface area contributed by atoms with E-state index in [9.17, 15) is 0 Å². The van der Waals surface area contributed by atoms with Gasteiger partial charge in [0.15, 0.2) is 5.13 Å². The summed E-state index contributed by atoms with van der Waals surface area (Å²) in [4.78, 5) is 9.42. The molecule has 0 saturated heterocycles. The third-order valence-corrected chi connectivity index (χ3v) is 3.26. The Hall–Kier alpha value is -0.980. The normalized spacial score (nSPS) is 10.6. The summed E-state index contributed by atoms with van der Waals surface area (Å²) in [6.45, 7) is 0.546. The first-order valence-electron chi connectivity index (χ1n) is 3.94. The molecule has 2 N–H and O–H groups in total. The maximum atomic E-state index is 5.55. The molecule has 6 heteroatoms. The van der Waals surface area contributed by atoms with Crippen LogP contribution in [0.1, 0.15) is 5.01 Å². The molecule has 0 unspecified atom stereocenters. The molecular weight excluding hydrogens is 218 g/mol. The molecule has 4 nitrogen and oxygen atoms in total. The van der Waals surface area contributed by atoms with Gasteiger partial charge in [-0.05, 0) is 0 Å². The quantitative estimate of drug-likeness (QED) is 0.871. The van der Waals surface area contributed by atoms with Crippen LogP contribution in [0.25, 0.3) is 10.6 Å². The summed E-state index contributed by atoms with van der Waals surface area (Å²) in [5, 5.41) is 3.47. The van der Waals surface area contributed by atoms with Crippen molar-refractivity contribution in [3.8, 4) is 10.6 Å². The fraction of sp³-hybridized carbons (Fsp3) is 0.250. The fourth-order valence-electron chi connectivity index (χ4n) is 1.02. The molecule has 2 aromatic heterocycles. The molecule has 0 aliphatic carbocycles. The summed E-state index contributed by atoms with van der Waals surface area (Å²) in [6, 6.07) is 0. The second-order valence-electron chi connectivity index (χ2n) is 2.62. The van der Waals surface area contributed by atoms with Crippen LogP contribution >= 0.6 is 22.7 Å². The van der Waals surface area contributed by atoms with Gasteiger partial charge in [0.2, 0.25) is 0 Å². The molecule has 0 radical (unpaired) electrons. The first-order chi connectivity index (χ1) is 6.79. The number of nitrogens with zero attached hydrogens (tertiary/aromatic N) is 2. The Kier molecular flexibility index (Phi) is 2.76. The summed E-state index contributed by atoms with van der Waals surface area (Å²) in [5.41, 5.74) is 6.44. The Labute approximate surface area is 89.4 Å². The van der Waals surface area contributed by atoms with Crippen LogP contribution in [0.3, 0.4) is 0 Å². The number of nitrogens with two attached hydrogens (primary N) is 1. The van der Waals surface area contributed by atoms with Crippen LogP contribution in [-0.4, -0.2) is 17.1 Å². The van der Waals surface area contributed by atoms with Gasteiger partial charge in [0.05, 0.1) is 17.2 Å². The Morgan fingerprint density at radius 2 is 2.43 bits per heavy atom. The molecule has 2 heterocycles. The Bertz CT molecular complexity index is 424. The number of thiazole rings is 2. The predicted octanol–water partition coefficient (Wildman–Crippen LogP) is 2.00. The number of rotatable bonds is 3. The van der Waals surface area contributed by atoms with Crippen molar-refractivity contribution in [3.63, 3.8) is 0 Å². The van der Waals surface area contributed by atoms with E-state index in [0.29, 0.717) is 11.7 Å². The second kappa shape index (κ2) is 4.04. The topological polar surface area (TPSA) is 61.0 Å². The minimum Gasteiger partial charge on any atom is -0.378 e. The average molecular weight is 227 g/mol. The van der Waals surface area contributed by atoms with Crippen molar-refractivity contribution < 1.29 is 4.74 Å². The highest BCUT2D eigenvalue weighted by Gasteiger charge is 2.06. The molecule has 74 valence electrons. The highest BCUT2D eigenvalue weighted by molar-refractivity contribution is 7.16. The van der Waals surface area contributed by atoms with Crippen LogP contribution in [0.15, 0.2) is 11.6 Å². The third kappa shape index (κ3) is 1.92. The zero-order chi connectivity index (χ0) is 9.97. The van der Waals surface area contributed by atoms with Crippen molar-refractivity contribution in [2.24, 2.45) is 0 Å². The van der Waals surface area contributed by atoms with Gasteiger partial charge in [0.25, 0.3) is 0 Å². The SMILES string of the molecule is COCc1ncc(-c2csc(N)n2)s1. The van der Waals surface area contributed by atoms with Crippen molar-refractivity contribution in [2.45, 2.75) is 6.61 Å². The number of nitrogen functional groups attached to an aromatic ring is 1. The maximum absolute atomic E-state index is 5.55. The molecule has 14 heavy (non-hydrogen) atoms. The summed E-state index contributed by atoms with van der Waals surface area (Å²) in [5.74, 6) is 0. The first-order valence-corrected chi connectivity index (χ1v) is 5.64. The molecule has 0 saturated carbocycles. The number of anilines is 1. The third-order valence-electron chi connectivity index (χ3n) is 1.60. The smallest absolute Gasteiger partial charge is 0.180 e. The summed E-state index contributed by atoms with van der Waals surface area (Å²) < 4.78 is 4.99. The van der Waals surface area contributed by atoms with Gasteiger partial charge in [0, 0.05) is 18.7 Å². The van der Waals surface area contributed by atoms with E-state index in [2.05, 4.69) is 9.97 Å². The first kappa shape index (κ1) is 9.57. The number of hydrogen-bond donors (Lipinski definition) is 1. The molecule has 0 bridgehead atoms. The lowest BCUT2D eigenvalue weighted by Gasteiger charge is -1.89. The lowest BCUT2D eigenvalue weighted by atomic mass is 10.4. The molecule has 0 fully saturated rings. The Morgan fingerprint density at radius 3 is 3.07 bits per heavy atom. The van der Waals surface area contributed by atoms with Crippen LogP contribution in [0.5, 0.6) is 0 Å². The van der Waals surface area contributed by atoms with E-state index < -0.39 is 0 Å². The minimum absolute atomic E-state index is 0.546. The molecule has 0 aliphatic heterocycles. The molecular formula is C8H9N3OS2. The molecule has 0 amide bonds. The largest absolute Gasteiger partial charge is 0.378 e. The van der Waals surface area contributed by atoms with Crippen LogP contribution < -0.4 is 5.73 Å². The van der Waals surface area contributed by atoms with Gasteiger partial charge in [-0.2, -0.15) is 0 Å². The maximum Gasteiger partial charge on any atom is 0.180 e. The standard InChI is InChI=1S/C8H9N3OS2/c1-12-3-7-10-2-6(14-7)5-4-13-8(9)11-5/h2,4H,3H2,1H3,(H2,9,11). The zero-order valence-corrected chi connectivity index (χ0v) is 9.19. The Morgan fingerprint density at radius 1 is 1.57 bits per heavy atom. The van der Waals surface area contributed by atoms with E-state index in [0.717, 1.165) is 15.6 Å². The summed E-state index contributed by atoms with van der Waals surface area (Å²) in [7, 11) is 1.65. The number of aromatic nitrogens is 2. The molecule has 0 spiro atoms. The lowest BCUT2D eigenvalue weighted by Crippen LogP contribution is -1.83. The van der Waals surface area contributed by atoms with Crippen molar-refractivity contribution in [1.29, 1.82) is 0 Å². The fourth-order valence-corrected chi connectivity index (χ4v) is 2.51. The van der Waals surface area contributed by atoms with Crippen LogP contribution in [0.2, 0.25) is 0 Å². The second-order valence-corrected chi connectivity index (χ2v) is 4.63. The van der Waals surface area contributed by atoms with E-state index in [-0.39, 0.29) is 0 Å². The molecule has 0 aliphatic rings. The van der Waals surface area contributed by atoms with E-state index >= 15 is 0 Å². The predicted molar refractivity (Wildman–Crippen MR) is 58.3 cm³/mol. The van der Waals surface area contributed by atoms with Crippen LogP contribution in [0.4, 0.5) is 5.13 Å². The van der Waals surface area contributed by atoms with Crippen LogP contribution in [0, 0.1) is 0 Å². The van der Waals surface area contributed by atoms with E-state index in [1.54, 1.807) is 24.6 Å². The van der Waals surface area contributed by atoms with Crippen molar-refractivity contribution >= 4 is 27.8 Å². The van der Waals surface area contributed by atoms with Crippen molar-refractivity contribution in [1.82, 2.24) is 9.97 Å². The zero-order valence-electron chi connectivity index (χ0n) is 7.56. The van der Waals surface area contributed by atoms with E-state index in [1.165, 1.54) is 11.3 Å². The van der Waals surface area contributed by atoms with Gasteiger partial charge >= 0.3 is 0 Å². The number of methoxy groups -OCH3 is 1. The van der Waals surface area contributed by atoms with Gasteiger partial charge in [-0.1, -0.05) is 0 Å². The highest BCUT2D eigenvalue weighted by Crippen LogP contribution is 2.28. The molecule has 0 aromatic carbocycles. The van der Waals surface area contributed by atoms with Crippen molar-refractivity contribution in [3.05, 3.63) is 16.6 Å². The molecule has 2 aromatic rings. The van der Waals surface area contributed by atoms with E-state index in [4.69, 9.17) is 10.5 Å². The number of hydrogen-bond acceptors (Lipinski definition) is 6. The molecule has 2 rings (SSSR count). The lowest BCUT2D eigenvalue weighted by molar-refractivity contribution is 0.184. The van der Waals surface area contributed by atoms with Gasteiger partial charge in [-0.25, -0.2) is 9.97 Å². The van der Waals surface area contributed by atoms with Crippen molar-refractivity contribution in [2.75, 3.05) is 12.8 Å². The number of ether oxygens (including phenoxy) is 1. The van der Waals surface area contributed by atoms with Gasteiger partial charge in [-0.3, -0.25) is 0 Å². The van der Waals surface area contributed by atoms with Gasteiger partial charge in [-0.15, -0.1) is 22.7 Å². The van der Waals surface area contributed by atoms with E-state index in [1.807, 2.05) is 5.38 Å². The summed E-state index contributed by atoms with van der Waals surface area (Å²) >= 11 is 3.01. The summed E-state index contributed by atoms with van der Waals surface area (Å²) in [6.07, 6.45) is 1.80. The van der Waals surface area contributed by atoms with Crippen LogP contribution in [-0.2, 0) is 11.3 Å². The van der Waals surface area contributed by atoms with Gasteiger partial charge in [0.1, 0.15) is 5.01 Å². The Balaban J connectivity index is 2.24. The minimum atomic E-state index is 0.546. The average Bonchev–Trinajstić information content (AvgIpc) is 2.74. The highest BCUT2D eigenvalue weighted by atomic mass is 32.1. The molecule has 0 atom stereocenters. The monoisotopic (exact) mass is 227 g/mol.